The quantitative estimate of drug-likeness (QED) is 0.797. The van der Waals surface area contributed by atoms with Gasteiger partial charge in [0.25, 0.3) is 0 Å². The molecule has 3 N–H and O–H groups in total. The summed E-state index contributed by atoms with van der Waals surface area (Å²) in [5, 5.41) is 0. The molecule has 0 amide bonds. The van der Waals surface area contributed by atoms with Crippen LogP contribution in [0, 0.1) is 5.92 Å². The van der Waals surface area contributed by atoms with Gasteiger partial charge in [-0.15, -0.1) is 0 Å². The van der Waals surface area contributed by atoms with Gasteiger partial charge in [-0.25, -0.2) is 13.1 Å². The molecule has 3 aliphatic rings. The fourth-order valence-electron chi connectivity index (χ4n) is 3.05. The Balaban J connectivity index is 1.79. The molecular formula is C13H19N3O2S. The van der Waals surface area contributed by atoms with Gasteiger partial charge in [0.05, 0.1) is 4.90 Å². The van der Waals surface area contributed by atoms with Crippen LogP contribution in [0.15, 0.2) is 29.2 Å². The van der Waals surface area contributed by atoms with Crippen molar-refractivity contribution in [3.63, 3.8) is 0 Å². The molecule has 4 rings (SSSR count). The summed E-state index contributed by atoms with van der Waals surface area (Å²) in [5.74, 6) is 0.473. The summed E-state index contributed by atoms with van der Waals surface area (Å²) in [6.45, 7) is 3.02. The average molecular weight is 281 g/mol. The van der Waals surface area contributed by atoms with E-state index in [-0.39, 0.29) is 10.9 Å². The second-order valence-corrected chi connectivity index (χ2v) is 7.15. The lowest BCUT2D eigenvalue weighted by atomic mass is 9.85. The average Bonchev–Trinajstić information content (AvgIpc) is 2.39. The molecule has 3 heterocycles. The third-order valence-corrected chi connectivity index (χ3v) is 5.62. The minimum atomic E-state index is -3.46. The maximum Gasteiger partial charge on any atom is 0.240 e. The Kier molecular flexibility index (Phi) is 3.24. The number of rotatable bonds is 3. The van der Waals surface area contributed by atoms with Crippen LogP contribution in [-0.2, 0) is 10.0 Å². The number of nitrogen functional groups attached to an aromatic ring is 1. The van der Waals surface area contributed by atoms with E-state index < -0.39 is 10.0 Å². The third kappa shape index (κ3) is 2.61. The molecule has 1 unspecified atom stereocenters. The first-order valence-electron chi connectivity index (χ1n) is 6.65. The molecule has 0 radical (unpaired) electrons. The molecular weight excluding hydrogens is 262 g/mol. The summed E-state index contributed by atoms with van der Waals surface area (Å²) in [4.78, 5) is 2.58. The molecule has 0 saturated carbocycles. The molecule has 1 aromatic carbocycles. The summed E-state index contributed by atoms with van der Waals surface area (Å²) in [5.41, 5.74) is 6.12. The molecule has 5 nitrogen and oxygen atoms in total. The number of fused-ring (bicyclic) bond motifs is 3. The molecule has 0 aromatic heterocycles. The molecule has 104 valence electrons. The van der Waals surface area contributed by atoms with Crippen LogP contribution in [-0.4, -0.2) is 39.0 Å². The number of hydrogen-bond acceptors (Lipinski definition) is 4. The van der Waals surface area contributed by atoms with Gasteiger partial charge < -0.3 is 10.6 Å². The first kappa shape index (κ1) is 12.9. The highest BCUT2D eigenvalue weighted by Crippen LogP contribution is 2.28. The normalized spacial score (nSPS) is 30.4. The largest absolute Gasteiger partial charge is 0.399 e. The van der Waals surface area contributed by atoms with Gasteiger partial charge in [0.2, 0.25) is 10.0 Å². The molecule has 0 spiro atoms. The number of benzene rings is 1. The molecule has 3 fully saturated rings. The van der Waals surface area contributed by atoms with E-state index in [1.54, 1.807) is 18.2 Å². The van der Waals surface area contributed by atoms with Crippen LogP contribution >= 0.6 is 0 Å². The van der Waals surface area contributed by atoms with Crippen molar-refractivity contribution in [1.82, 2.24) is 9.62 Å². The molecule has 1 aromatic rings. The highest BCUT2D eigenvalue weighted by molar-refractivity contribution is 7.89. The molecule has 0 aliphatic carbocycles. The van der Waals surface area contributed by atoms with Gasteiger partial charge in [-0.05, 0) is 50.0 Å². The highest BCUT2D eigenvalue weighted by atomic mass is 32.2. The summed E-state index contributed by atoms with van der Waals surface area (Å²) >= 11 is 0. The minimum Gasteiger partial charge on any atom is -0.399 e. The highest BCUT2D eigenvalue weighted by Gasteiger charge is 2.36. The predicted octanol–water partition coefficient (Wildman–Crippen LogP) is 0.641. The van der Waals surface area contributed by atoms with Crippen molar-refractivity contribution in [1.29, 1.82) is 0 Å². The van der Waals surface area contributed by atoms with E-state index in [9.17, 15) is 8.42 Å². The second kappa shape index (κ2) is 4.77. The number of nitrogens with one attached hydrogen (secondary N) is 1. The van der Waals surface area contributed by atoms with Crippen molar-refractivity contribution >= 4 is 15.7 Å². The van der Waals surface area contributed by atoms with Crippen molar-refractivity contribution in [2.45, 2.75) is 23.8 Å². The molecule has 2 bridgehead atoms. The smallest absolute Gasteiger partial charge is 0.240 e. The lowest BCUT2D eigenvalue weighted by Gasteiger charge is -2.44. The Bertz CT molecular complexity index is 565. The van der Waals surface area contributed by atoms with Gasteiger partial charge in [-0.3, -0.25) is 0 Å². The van der Waals surface area contributed by atoms with E-state index >= 15 is 0 Å². The fraction of sp³-hybridized carbons (Fsp3) is 0.538. The Hall–Kier alpha value is -1.11. The van der Waals surface area contributed by atoms with Crippen molar-refractivity contribution in [3.8, 4) is 0 Å². The van der Waals surface area contributed by atoms with E-state index in [4.69, 9.17) is 5.73 Å². The van der Waals surface area contributed by atoms with E-state index in [2.05, 4.69) is 9.62 Å². The van der Waals surface area contributed by atoms with Gasteiger partial charge in [0.1, 0.15) is 0 Å². The van der Waals surface area contributed by atoms with E-state index in [0.717, 1.165) is 32.5 Å². The predicted molar refractivity (Wildman–Crippen MR) is 74.1 cm³/mol. The van der Waals surface area contributed by atoms with Crippen LogP contribution < -0.4 is 10.5 Å². The zero-order valence-electron chi connectivity index (χ0n) is 10.7. The van der Waals surface area contributed by atoms with Crippen LogP contribution in [0.5, 0.6) is 0 Å². The topological polar surface area (TPSA) is 75.4 Å². The number of piperidine rings is 3. The first-order chi connectivity index (χ1) is 9.04. The Morgan fingerprint density at radius 1 is 1.26 bits per heavy atom. The number of nitrogens with two attached hydrogens (primary N) is 1. The monoisotopic (exact) mass is 281 g/mol. The van der Waals surface area contributed by atoms with E-state index in [0.29, 0.717) is 11.6 Å². The Labute approximate surface area is 113 Å². The zero-order valence-corrected chi connectivity index (χ0v) is 11.6. The molecule has 3 saturated heterocycles. The zero-order chi connectivity index (χ0) is 13.5. The fourth-order valence-corrected chi connectivity index (χ4v) is 4.40. The summed E-state index contributed by atoms with van der Waals surface area (Å²) in [6.07, 6.45) is 2.17. The first-order valence-corrected chi connectivity index (χ1v) is 8.13. The van der Waals surface area contributed by atoms with E-state index in [1.165, 1.54) is 6.07 Å². The number of anilines is 1. The summed E-state index contributed by atoms with van der Waals surface area (Å²) in [7, 11) is -3.46. The number of nitrogens with zero attached hydrogens (tertiary/aromatic N) is 1. The van der Waals surface area contributed by atoms with E-state index in [1.807, 2.05) is 0 Å². The van der Waals surface area contributed by atoms with Gasteiger partial charge in [0, 0.05) is 18.3 Å². The van der Waals surface area contributed by atoms with Crippen molar-refractivity contribution in [3.05, 3.63) is 24.3 Å². The SMILES string of the molecule is Nc1cccc(S(=O)(=O)NC2CN3CCC2CC3)c1. The summed E-state index contributed by atoms with van der Waals surface area (Å²) < 4.78 is 27.5. The maximum atomic E-state index is 12.3. The van der Waals surface area contributed by atoms with Crippen LogP contribution in [0.3, 0.4) is 0 Å². The van der Waals surface area contributed by atoms with Gasteiger partial charge in [0.15, 0.2) is 0 Å². The van der Waals surface area contributed by atoms with Gasteiger partial charge in [-0.1, -0.05) is 6.07 Å². The van der Waals surface area contributed by atoms with Crippen molar-refractivity contribution in [2.24, 2.45) is 5.92 Å². The Morgan fingerprint density at radius 3 is 2.58 bits per heavy atom. The Morgan fingerprint density at radius 2 is 2.00 bits per heavy atom. The third-order valence-electron chi connectivity index (χ3n) is 4.13. The lowest BCUT2D eigenvalue weighted by Crippen LogP contribution is -2.57. The van der Waals surface area contributed by atoms with Crippen molar-refractivity contribution in [2.75, 3.05) is 25.4 Å². The molecule has 3 aliphatic heterocycles. The molecule has 6 heteroatoms. The maximum absolute atomic E-state index is 12.3. The van der Waals surface area contributed by atoms with Gasteiger partial charge in [-0.2, -0.15) is 0 Å². The van der Waals surface area contributed by atoms with Crippen LogP contribution in [0.1, 0.15) is 12.8 Å². The lowest BCUT2D eigenvalue weighted by molar-refractivity contribution is 0.0827. The van der Waals surface area contributed by atoms with Crippen LogP contribution in [0.2, 0.25) is 0 Å². The van der Waals surface area contributed by atoms with Crippen molar-refractivity contribution < 1.29 is 8.42 Å². The van der Waals surface area contributed by atoms with Crippen LogP contribution in [0.4, 0.5) is 5.69 Å². The number of hydrogen-bond donors (Lipinski definition) is 2. The standard InChI is InChI=1S/C13H19N3O2S/c14-11-2-1-3-12(8-11)19(17,18)15-13-9-16-6-4-10(13)5-7-16/h1-3,8,10,13,15H,4-7,9,14H2. The number of sulfonamides is 1. The second-order valence-electron chi connectivity index (χ2n) is 5.44. The van der Waals surface area contributed by atoms with Gasteiger partial charge >= 0.3 is 0 Å². The molecule has 1 atom stereocenters. The molecule has 19 heavy (non-hydrogen) atoms. The summed E-state index contributed by atoms with van der Waals surface area (Å²) in [6, 6.07) is 6.48. The minimum absolute atomic E-state index is 0.0360. The van der Waals surface area contributed by atoms with Crippen LogP contribution in [0.25, 0.3) is 0 Å².